The number of aliphatic hydroxyl groups is 1. The lowest BCUT2D eigenvalue weighted by Crippen LogP contribution is -2.47. The minimum Gasteiger partial charge on any atom is -0.388 e. The number of aliphatic hydroxyl groups excluding tert-OH is 1. The molecule has 2 heteroatoms. The smallest absolute Gasteiger partial charge is 0.123 e. The second-order valence-electron chi connectivity index (χ2n) is 7.45. The van der Waals surface area contributed by atoms with Crippen molar-refractivity contribution in [3.8, 4) is 0 Å². The second-order valence-corrected chi connectivity index (χ2v) is 7.45. The summed E-state index contributed by atoms with van der Waals surface area (Å²) < 4.78 is 13.5. The zero-order valence-corrected chi connectivity index (χ0v) is 12.1. The van der Waals surface area contributed by atoms with E-state index in [-0.39, 0.29) is 5.82 Å². The van der Waals surface area contributed by atoms with E-state index < -0.39 is 6.10 Å². The van der Waals surface area contributed by atoms with Crippen LogP contribution in [0.5, 0.6) is 0 Å². The Morgan fingerprint density at radius 3 is 2.25 bits per heavy atom. The largest absolute Gasteiger partial charge is 0.388 e. The van der Waals surface area contributed by atoms with Crippen molar-refractivity contribution in [2.45, 2.75) is 45.1 Å². The molecule has 1 unspecified atom stereocenters. The van der Waals surface area contributed by atoms with Gasteiger partial charge in [-0.25, -0.2) is 4.39 Å². The molecule has 4 saturated carbocycles. The van der Waals surface area contributed by atoms with E-state index >= 15 is 0 Å². The maximum Gasteiger partial charge on any atom is 0.123 e. The third-order valence-corrected chi connectivity index (χ3v) is 6.22. The van der Waals surface area contributed by atoms with Crippen LogP contribution in [0.2, 0.25) is 0 Å². The van der Waals surface area contributed by atoms with E-state index in [0.29, 0.717) is 17.8 Å². The molecule has 0 saturated heterocycles. The van der Waals surface area contributed by atoms with Gasteiger partial charge < -0.3 is 5.11 Å². The number of rotatable bonds is 2. The Hall–Kier alpha value is -0.890. The summed E-state index contributed by atoms with van der Waals surface area (Å²) in [4.78, 5) is 0. The normalized spacial score (nSPS) is 40.0. The third kappa shape index (κ3) is 1.92. The van der Waals surface area contributed by atoms with Crippen LogP contribution in [0, 0.1) is 42.3 Å². The summed E-state index contributed by atoms with van der Waals surface area (Å²) in [6.45, 7) is 1.98. The van der Waals surface area contributed by atoms with E-state index in [0.717, 1.165) is 23.0 Å². The van der Waals surface area contributed by atoms with Gasteiger partial charge in [-0.3, -0.25) is 0 Å². The quantitative estimate of drug-likeness (QED) is 0.855. The lowest BCUT2D eigenvalue weighted by molar-refractivity contribution is -0.0910. The molecule has 4 aliphatic carbocycles. The number of hydrogen-bond donors (Lipinski definition) is 1. The van der Waals surface area contributed by atoms with Gasteiger partial charge >= 0.3 is 0 Å². The van der Waals surface area contributed by atoms with E-state index in [1.807, 2.05) is 6.92 Å². The summed E-state index contributed by atoms with van der Waals surface area (Å²) in [5.74, 6) is 3.30. The minimum absolute atomic E-state index is 0.228. The van der Waals surface area contributed by atoms with Gasteiger partial charge in [0.05, 0.1) is 6.10 Å². The molecule has 1 aromatic carbocycles. The summed E-state index contributed by atoms with van der Waals surface area (Å²) in [6, 6.07) is 4.83. The van der Waals surface area contributed by atoms with Gasteiger partial charge in [0.1, 0.15) is 5.82 Å². The van der Waals surface area contributed by atoms with Gasteiger partial charge in [-0.15, -0.1) is 0 Å². The summed E-state index contributed by atoms with van der Waals surface area (Å²) in [7, 11) is 0. The highest BCUT2D eigenvalue weighted by Crippen LogP contribution is 2.59. The zero-order valence-electron chi connectivity index (χ0n) is 12.1. The van der Waals surface area contributed by atoms with Crippen LogP contribution in [0.15, 0.2) is 18.2 Å². The Morgan fingerprint density at radius 2 is 1.65 bits per heavy atom. The van der Waals surface area contributed by atoms with Gasteiger partial charge in [-0.2, -0.15) is 0 Å². The predicted octanol–water partition coefficient (Wildman–Crippen LogP) is 4.24. The van der Waals surface area contributed by atoms with Crippen molar-refractivity contribution in [1.29, 1.82) is 0 Å². The molecule has 4 bridgehead atoms. The van der Waals surface area contributed by atoms with E-state index in [9.17, 15) is 9.50 Å². The number of halogens is 1. The summed E-state index contributed by atoms with van der Waals surface area (Å²) >= 11 is 0. The molecular formula is C18H23FO. The zero-order chi connectivity index (χ0) is 13.9. The van der Waals surface area contributed by atoms with Crippen LogP contribution in [0.25, 0.3) is 0 Å². The first-order chi connectivity index (χ1) is 9.61. The van der Waals surface area contributed by atoms with Gasteiger partial charge in [0.2, 0.25) is 0 Å². The number of aryl methyl sites for hydroxylation is 1. The van der Waals surface area contributed by atoms with Gasteiger partial charge in [0, 0.05) is 0 Å². The molecule has 20 heavy (non-hydrogen) atoms. The molecule has 1 aromatic rings. The lowest BCUT2D eigenvalue weighted by atomic mass is 9.50. The molecule has 1 nitrogen and oxygen atoms in total. The average Bonchev–Trinajstić information content (AvgIpc) is 2.40. The molecule has 0 spiro atoms. The predicted molar refractivity (Wildman–Crippen MR) is 76.6 cm³/mol. The van der Waals surface area contributed by atoms with Crippen LogP contribution < -0.4 is 0 Å². The summed E-state index contributed by atoms with van der Waals surface area (Å²) in [5, 5.41) is 10.9. The van der Waals surface area contributed by atoms with Gasteiger partial charge in [0.15, 0.2) is 0 Å². The van der Waals surface area contributed by atoms with Gasteiger partial charge in [0.25, 0.3) is 0 Å². The Bertz CT molecular complexity index is 496. The van der Waals surface area contributed by atoms with Crippen molar-refractivity contribution < 1.29 is 9.50 Å². The Kier molecular flexibility index (Phi) is 2.92. The van der Waals surface area contributed by atoms with Crippen molar-refractivity contribution in [3.63, 3.8) is 0 Å². The molecule has 1 atom stereocenters. The Labute approximate surface area is 120 Å². The second kappa shape index (κ2) is 4.56. The first kappa shape index (κ1) is 12.8. The summed E-state index contributed by atoms with van der Waals surface area (Å²) in [5.41, 5.74) is 1.84. The average molecular weight is 274 g/mol. The molecule has 4 fully saturated rings. The van der Waals surface area contributed by atoms with Crippen LogP contribution >= 0.6 is 0 Å². The monoisotopic (exact) mass is 274 g/mol. The van der Waals surface area contributed by atoms with Gasteiger partial charge in [-0.1, -0.05) is 6.07 Å². The topological polar surface area (TPSA) is 20.2 Å². The molecule has 108 valence electrons. The number of hydrogen-bond acceptors (Lipinski definition) is 1. The first-order valence-corrected chi connectivity index (χ1v) is 8.06. The number of benzene rings is 1. The molecule has 1 N–H and O–H groups in total. The van der Waals surface area contributed by atoms with E-state index in [1.165, 1.54) is 38.2 Å². The maximum absolute atomic E-state index is 13.5. The molecule has 4 aliphatic rings. The molecule has 0 aliphatic heterocycles. The minimum atomic E-state index is -0.472. The molecule has 0 amide bonds. The highest BCUT2D eigenvalue weighted by atomic mass is 19.1. The Morgan fingerprint density at radius 1 is 1.05 bits per heavy atom. The van der Waals surface area contributed by atoms with Crippen molar-refractivity contribution in [2.24, 2.45) is 29.6 Å². The fourth-order valence-electron chi connectivity index (χ4n) is 5.62. The fourth-order valence-corrected chi connectivity index (χ4v) is 5.62. The highest BCUT2D eigenvalue weighted by molar-refractivity contribution is 5.29. The first-order valence-electron chi connectivity index (χ1n) is 8.06. The van der Waals surface area contributed by atoms with Crippen LogP contribution in [0.1, 0.15) is 49.3 Å². The highest BCUT2D eigenvalue weighted by Gasteiger charge is 2.50. The molecule has 0 heterocycles. The summed E-state index contributed by atoms with van der Waals surface area (Å²) in [6.07, 6.45) is 6.13. The van der Waals surface area contributed by atoms with Crippen molar-refractivity contribution in [1.82, 2.24) is 0 Å². The molecule has 0 aromatic heterocycles. The maximum atomic E-state index is 13.5. The molecule has 0 radical (unpaired) electrons. The van der Waals surface area contributed by atoms with Crippen LogP contribution in [-0.2, 0) is 0 Å². The SMILES string of the molecule is Cc1ccc(F)cc1C(O)C1C2CC3CC(C2)CC1C3. The molecular weight excluding hydrogens is 251 g/mol. The van der Waals surface area contributed by atoms with Crippen molar-refractivity contribution in [3.05, 3.63) is 35.1 Å². The fraction of sp³-hybridized carbons (Fsp3) is 0.667. The lowest BCUT2D eigenvalue weighted by Gasteiger charge is -2.55. The van der Waals surface area contributed by atoms with Crippen LogP contribution in [0.4, 0.5) is 4.39 Å². The van der Waals surface area contributed by atoms with Crippen molar-refractivity contribution in [2.75, 3.05) is 0 Å². The third-order valence-electron chi connectivity index (χ3n) is 6.22. The van der Waals surface area contributed by atoms with Crippen LogP contribution in [0.3, 0.4) is 0 Å². The van der Waals surface area contributed by atoms with Crippen LogP contribution in [-0.4, -0.2) is 5.11 Å². The standard InChI is InChI=1S/C18H23FO/c1-10-2-3-15(19)9-16(10)18(20)17-13-5-11-4-12(7-13)8-14(17)6-11/h2-3,9,11-14,17-18,20H,4-8H2,1H3. The Balaban J connectivity index is 1.65. The molecule has 5 rings (SSSR count). The van der Waals surface area contributed by atoms with Crippen molar-refractivity contribution >= 4 is 0 Å². The van der Waals surface area contributed by atoms with E-state index in [4.69, 9.17) is 0 Å². The van der Waals surface area contributed by atoms with Gasteiger partial charge in [-0.05, 0) is 91.9 Å². The van der Waals surface area contributed by atoms with E-state index in [1.54, 1.807) is 12.1 Å². The van der Waals surface area contributed by atoms with E-state index in [2.05, 4.69) is 0 Å².